The van der Waals surface area contributed by atoms with Crippen molar-refractivity contribution in [1.29, 1.82) is 0 Å². The molecule has 0 aliphatic carbocycles. The topological polar surface area (TPSA) is 84.5 Å². The maximum Gasteiger partial charge on any atom is 0.244 e. The molecule has 0 aliphatic heterocycles. The molecule has 0 aromatic heterocycles. The Morgan fingerprint density at radius 1 is 1.12 bits per heavy atom. The SMILES string of the molecule is COc1ccc(C)cc1S(=O)(=O)N[C@H](C)C(=O)Nc1ccccc1. The van der Waals surface area contributed by atoms with Gasteiger partial charge in [-0.3, -0.25) is 4.79 Å². The van der Waals surface area contributed by atoms with E-state index in [0.717, 1.165) is 5.56 Å². The minimum absolute atomic E-state index is 0.00404. The van der Waals surface area contributed by atoms with Crippen molar-refractivity contribution in [3.8, 4) is 5.75 Å². The maximum atomic E-state index is 12.6. The van der Waals surface area contributed by atoms with Gasteiger partial charge in [0.1, 0.15) is 10.6 Å². The molecule has 2 aromatic rings. The van der Waals surface area contributed by atoms with Crippen LogP contribution in [0.5, 0.6) is 5.75 Å². The Kier molecular flexibility index (Phi) is 5.58. The first-order chi connectivity index (χ1) is 11.3. The summed E-state index contributed by atoms with van der Waals surface area (Å²) < 4.78 is 32.6. The van der Waals surface area contributed by atoms with Crippen molar-refractivity contribution in [3.05, 3.63) is 54.1 Å². The molecule has 2 N–H and O–H groups in total. The summed E-state index contributed by atoms with van der Waals surface area (Å²) in [5, 5.41) is 2.66. The number of nitrogens with one attached hydrogen (secondary N) is 2. The lowest BCUT2D eigenvalue weighted by Gasteiger charge is -2.16. The second-order valence-electron chi connectivity index (χ2n) is 5.35. The van der Waals surface area contributed by atoms with E-state index in [9.17, 15) is 13.2 Å². The van der Waals surface area contributed by atoms with Crippen LogP contribution in [0.2, 0.25) is 0 Å². The molecule has 2 rings (SSSR count). The van der Waals surface area contributed by atoms with E-state index in [0.29, 0.717) is 5.69 Å². The lowest BCUT2D eigenvalue weighted by atomic mass is 10.2. The van der Waals surface area contributed by atoms with Crippen LogP contribution in [0.3, 0.4) is 0 Å². The number of hydrogen-bond donors (Lipinski definition) is 2. The summed E-state index contributed by atoms with van der Waals surface area (Å²) in [5.74, 6) is -0.222. The Labute approximate surface area is 141 Å². The molecule has 0 spiro atoms. The Morgan fingerprint density at radius 2 is 1.79 bits per heavy atom. The predicted octanol–water partition coefficient (Wildman–Crippen LogP) is 2.31. The van der Waals surface area contributed by atoms with Gasteiger partial charge in [0.15, 0.2) is 0 Å². The third-order valence-corrected chi connectivity index (χ3v) is 4.94. The van der Waals surface area contributed by atoms with Crippen LogP contribution in [-0.4, -0.2) is 27.5 Å². The number of carbonyl (C=O) groups is 1. The summed E-state index contributed by atoms with van der Waals surface area (Å²) in [6.07, 6.45) is 0. The van der Waals surface area contributed by atoms with Gasteiger partial charge < -0.3 is 10.1 Å². The molecular formula is C17H20N2O4S. The highest BCUT2D eigenvalue weighted by atomic mass is 32.2. The lowest BCUT2D eigenvalue weighted by molar-refractivity contribution is -0.117. The summed E-state index contributed by atoms with van der Waals surface area (Å²) in [6, 6.07) is 12.7. The molecule has 1 amide bonds. The zero-order valence-corrected chi connectivity index (χ0v) is 14.6. The van der Waals surface area contributed by atoms with Gasteiger partial charge >= 0.3 is 0 Å². The number of benzene rings is 2. The van der Waals surface area contributed by atoms with Gasteiger partial charge in [0, 0.05) is 5.69 Å². The minimum Gasteiger partial charge on any atom is -0.495 e. The highest BCUT2D eigenvalue weighted by Gasteiger charge is 2.25. The number of methoxy groups -OCH3 is 1. The fourth-order valence-electron chi connectivity index (χ4n) is 2.12. The maximum absolute atomic E-state index is 12.6. The molecule has 2 aromatic carbocycles. The normalized spacial score (nSPS) is 12.5. The predicted molar refractivity (Wildman–Crippen MR) is 92.6 cm³/mol. The van der Waals surface area contributed by atoms with Crippen molar-refractivity contribution in [1.82, 2.24) is 4.72 Å². The van der Waals surface area contributed by atoms with E-state index in [1.807, 2.05) is 6.07 Å². The lowest BCUT2D eigenvalue weighted by Crippen LogP contribution is -2.41. The fourth-order valence-corrected chi connectivity index (χ4v) is 3.57. The van der Waals surface area contributed by atoms with Crippen LogP contribution in [0.25, 0.3) is 0 Å². The number of rotatable bonds is 6. The zero-order chi connectivity index (χ0) is 17.7. The summed E-state index contributed by atoms with van der Waals surface area (Å²) in [4.78, 5) is 12.2. The van der Waals surface area contributed by atoms with Gasteiger partial charge in [-0.15, -0.1) is 0 Å². The highest BCUT2D eigenvalue weighted by molar-refractivity contribution is 7.89. The van der Waals surface area contributed by atoms with E-state index < -0.39 is 22.0 Å². The molecule has 24 heavy (non-hydrogen) atoms. The van der Waals surface area contributed by atoms with Crippen molar-refractivity contribution >= 4 is 21.6 Å². The Balaban J connectivity index is 2.16. The number of amides is 1. The van der Waals surface area contributed by atoms with Crippen molar-refractivity contribution in [2.75, 3.05) is 12.4 Å². The molecule has 7 heteroatoms. The van der Waals surface area contributed by atoms with Gasteiger partial charge in [0.25, 0.3) is 0 Å². The van der Waals surface area contributed by atoms with Crippen molar-refractivity contribution < 1.29 is 17.9 Å². The van der Waals surface area contributed by atoms with Gasteiger partial charge in [-0.2, -0.15) is 4.72 Å². The molecule has 0 radical (unpaired) electrons. The standard InChI is InChI=1S/C17H20N2O4S/c1-12-9-10-15(23-3)16(11-12)24(21,22)19-13(2)17(20)18-14-7-5-4-6-8-14/h4-11,13,19H,1-3H3,(H,18,20)/t13-/m1/s1. The first-order valence-electron chi connectivity index (χ1n) is 7.36. The van der Waals surface area contributed by atoms with E-state index in [1.54, 1.807) is 43.3 Å². The number of anilines is 1. The number of carbonyl (C=O) groups excluding carboxylic acids is 1. The van der Waals surface area contributed by atoms with E-state index >= 15 is 0 Å². The molecule has 0 aliphatic rings. The molecule has 0 saturated heterocycles. The van der Waals surface area contributed by atoms with Crippen LogP contribution in [-0.2, 0) is 14.8 Å². The monoisotopic (exact) mass is 348 g/mol. The number of hydrogen-bond acceptors (Lipinski definition) is 4. The van der Waals surface area contributed by atoms with Crippen LogP contribution in [0.1, 0.15) is 12.5 Å². The van der Waals surface area contributed by atoms with Crippen molar-refractivity contribution in [2.24, 2.45) is 0 Å². The van der Waals surface area contributed by atoms with Crippen LogP contribution in [0.15, 0.2) is 53.4 Å². The van der Waals surface area contributed by atoms with Crippen LogP contribution < -0.4 is 14.8 Å². The first-order valence-corrected chi connectivity index (χ1v) is 8.84. The third kappa shape index (κ3) is 4.33. The molecule has 0 heterocycles. The van der Waals surface area contributed by atoms with E-state index in [1.165, 1.54) is 20.1 Å². The molecule has 0 unspecified atom stereocenters. The Hall–Kier alpha value is -2.38. The molecule has 128 valence electrons. The number of sulfonamides is 1. The van der Waals surface area contributed by atoms with Gasteiger partial charge in [0.05, 0.1) is 13.2 Å². The highest BCUT2D eigenvalue weighted by Crippen LogP contribution is 2.24. The van der Waals surface area contributed by atoms with Crippen LogP contribution in [0.4, 0.5) is 5.69 Å². The van der Waals surface area contributed by atoms with Gasteiger partial charge in [0.2, 0.25) is 15.9 Å². The Bertz CT molecular complexity index is 820. The average Bonchev–Trinajstić information content (AvgIpc) is 2.55. The minimum atomic E-state index is -3.90. The van der Waals surface area contributed by atoms with Crippen molar-refractivity contribution in [2.45, 2.75) is 24.8 Å². The molecule has 0 saturated carbocycles. The number of aryl methyl sites for hydroxylation is 1. The smallest absolute Gasteiger partial charge is 0.244 e. The molecule has 0 bridgehead atoms. The van der Waals surface area contributed by atoms with E-state index in [-0.39, 0.29) is 10.6 Å². The average molecular weight is 348 g/mol. The van der Waals surface area contributed by atoms with Crippen molar-refractivity contribution in [3.63, 3.8) is 0 Å². The largest absolute Gasteiger partial charge is 0.495 e. The second-order valence-corrected chi connectivity index (χ2v) is 7.03. The molecule has 1 atom stereocenters. The summed E-state index contributed by atoms with van der Waals surface area (Å²) in [6.45, 7) is 3.27. The van der Waals surface area contributed by atoms with Crippen LogP contribution in [0, 0.1) is 6.92 Å². The number of para-hydroxylation sites is 1. The van der Waals surface area contributed by atoms with Gasteiger partial charge in [-0.25, -0.2) is 8.42 Å². The third-order valence-electron chi connectivity index (χ3n) is 3.38. The number of ether oxygens (including phenoxy) is 1. The van der Waals surface area contributed by atoms with Crippen LogP contribution >= 0.6 is 0 Å². The summed E-state index contributed by atoms with van der Waals surface area (Å²) >= 11 is 0. The molecule has 0 fully saturated rings. The van der Waals surface area contributed by atoms with Gasteiger partial charge in [-0.05, 0) is 43.7 Å². The second kappa shape index (κ2) is 7.46. The molecule has 6 nitrogen and oxygen atoms in total. The van der Waals surface area contributed by atoms with Gasteiger partial charge in [-0.1, -0.05) is 24.3 Å². The summed E-state index contributed by atoms with van der Waals surface area (Å²) in [7, 11) is -2.50. The zero-order valence-electron chi connectivity index (χ0n) is 13.7. The first kappa shape index (κ1) is 18.0. The van der Waals surface area contributed by atoms with E-state index in [2.05, 4.69) is 10.0 Å². The quantitative estimate of drug-likeness (QED) is 0.839. The fraction of sp³-hybridized carbons (Fsp3) is 0.235. The molecular weight excluding hydrogens is 328 g/mol. The van der Waals surface area contributed by atoms with E-state index in [4.69, 9.17) is 4.74 Å². The summed E-state index contributed by atoms with van der Waals surface area (Å²) in [5.41, 5.74) is 1.37. The Morgan fingerprint density at radius 3 is 2.42 bits per heavy atom.